The Balaban J connectivity index is 2.68. The van der Waals surface area contributed by atoms with Crippen LogP contribution in [0.15, 0.2) is 18.3 Å². The van der Waals surface area contributed by atoms with Gasteiger partial charge in [-0.05, 0) is 38.4 Å². The lowest BCUT2D eigenvalue weighted by Crippen LogP contribution is -2.34. The van der Waals surface area contributed by atoms with Gasteiger partial charge >= 0.3 is 0 Å². The maximum atomic E-state index is 5.20. The third kappa shape index (κ3) is 5.88. The van der Waals surface area contributed by atoms with Crippen LogP contribution in [-0.4, -0.2) is 37.8 Å². The van der Waals surface area contributed by atoms with Gasteiger partial charge in [-0.2, -0.15) is 0 Å². The number of anilines is 1. The standard InChI is InChI=1S/C16H29N3O/c1-13(2)11-17-12-15-10-16(6-7-18-15)19(14(3)4)8-9-20-5/h6-7,10,13-14,17H,8-9,11-12H2,1-5H3. The fourth-order valence-corrected chi connectivity index (χ4v) is 2.10. The minimum absolute atomic E-state index is 0.448. The summed E-state index contributed by atoms with van der Waals surface area (Å²) in [6, 6.07) is 4.69. The Kier molecular flexibility index (Phi) is 7.55. The molecule has 0 aliphatic carbocycles. The zero-order valence-corrected chi connectivity index (χ0v) is 13.5. The molecule has 114 valence electrons. The molecule has 0 atom stereocenters. The molecule has 4 heteroatoms. The molecule has 0 spiro atoms. The van der Waals surface area contributed by atoms with E-state index in [0.29, 0.717) is 12.0 Å². The van der Waals surface area contributed by atoms with Crippen molar-refractivity contribution in [3.63, 3.8) is 0 Å². The molecule has 0 amide bonds. The third-order valence-corrected chi connectivity index (χ3v) is 3.15. The van der Waals surface area contributed by atoms with Crippen molar-refractivity contribution in [1.82, 2.24) is 10.3 Å². The van der Waals surface area contributed by atoms with Crippen LogP contribution < -0.4 is 10.2 Å². The van der Waals surface area contributed by atoms with E-state index in [0.717, 1.165) is 31.9 Å². The van der Waals surface area contributed by atoms with Gasteiger partial charge in [0.05, 0.1) is 12.3 Å². The van der Waals surface area contributed by atoms with Gasteiger partial charge in [-0.15, -0.1) is 0 Å². The van der Waals surface area contributed by atoms with E-state index in [9.17, 15) is 0 Å². The van der Waals surface area contributed by atoms with Crippen LogP contribution >= 0.6 is 0 Å². The van der Waals surface area contributed by atoms with Gasteiger partial charge in [-0.1, -0.05) is 13.8 Å². The van der Waals surface area contributed by atoms with E-state index >= 15 is 0 Å². The highest BCUT2D eigenvalue weighted by Gasteiger charge is 2.11. The van der Waals surface area contributed by atoms with Crippen molar-refractivity contribution in [3.05, 3.63) is 24.0 Å². The molecule has 0 fully saturated rings. The van der Waals surface area contributed by atoms with E-state index in [1.165, 1.54) is 5.69 Å². The average Bonchev–Trinajstić information content (AvgIpc) is 2.39. The topological polar surface area (TPSA) is 37.4 Å². The van der Waals surface area contributed by atoms with Gasteiger partial charge in [0.25, 0.3) is 0 Å². The molecular formula is C16H29N3O. The molecule has 20 heavy (non-hydrogen) atoms. The number of ether oxygens (including phenoxy) is 1. The van der Waals surface area contributed by atoms with E-state index in [1.54, 1.807) is 7.11 Å². The number of methoxy groups -OCH3 is 1. The smallest absolute Gasteiger partial charge is 0.0637 e. The van der Waals surface area contributed by atoms with Gasteiger partial charge in [0.1, 0.15) is 0 Å². The zero-order valence-electron chi connectivity index (χ0n) is 13.5. The molecule has 0 aliphatic rings. The summed E-state index contributed by atoms with van der Waals surface area (Å²) in [4.78, 5) is 6.78. The van der Waals surface area contributed by atoms with E-state index in [4.69, 9.17) is 4.74 Å². The molecule has 1 aromatic heterocycles. The summed E-state index contributed by atoms with van der Waals surface area (Å²) in [5.74, 6) is 0.659. The highest BCUT2D eigenvalue weighted by atomic mass is 16.5. The van der Waals surface area contributed by atoms with Crippen LogP contribution in [0.5, 0.6) is 0 Å². The first-order chi connectivity index (χ1) is 9.54. The number of aromatic nitrogens is 1. The van der Waals surface area contributed by atoms with Crippen molar-refractivity contribution < 1.29 is 4.74 Å². The molecule has 0 aromatic carbocycles. The number of pyridine rings is 1. The molecule has 1 heterocycles. The fraction of sp³-hybridized carbons (Fsp3) is 0.688. The summed E-state index contributed by atoms with van der Waals surface area (Å²) in [7, 11) is 1.74. The predicted octanol–water partition coefficient (Wildman–Crippen LogP) is 2.69. The molecule has 1 aromatic rings. The summed E-state index contributed by atoms with van der Waals surface area (Å²) in [5, 5.41) is 3.43. The summed E-state index contributed by atoms with van der Waals surface area (Å²) < 4.78 is 5.20. The Morgan fingerprint density at radius 1 is 1.30 bits per heavy atom. The minimum atomic E-state index is 0.448. The number of hydrogen-bond donors (Lipinski definition) is 1. The van der Waals surface area contributed by atoms with Crippen molar-refractivity contribution in [2.24, 2.45) is 5.92 Å². The molecule has 0 saturated carbocycles. The van der Waals surface area contributed by atoms with Crippen LogP contribution in [0.25, 0.3) is 0 Å². The Morgan fingerprint density at radius 2 is 2.05 bits per heavy atom. The Labute approximate surface area is 123 Å². The Hall–Kier alpha value is -1.13. The monoisotopic (exact) mass is 279 g/mol. The van der Waals surface area contributed by atoms with E-state index in [1.807, 2.05) is 6.20 Å². The number of nitrogens with zero attached hydrogens (tertiary/aromatic N) is 2. The lowest BCUT2D eigenvalue weighted by Gasteiger charge is -2.29. The SMILES string of the molecule is COCCN(c1ccnc(CNCC(C)C)c1)C(C)C. The molecule has 1 N–H and O–H groups in total. The molecule has 1 rings (SSSR count). The maximum absolute atomic E-state index is 5.20. The zero-order chi connectivity index (χ0) is 15.0. The first-order valence-electron chi connectivity index (χ1n) is 7.45. The van der Waals surface area contributed by atoms with Crippen molar-refractivity contribution in [2.45, 2.75) is 40.3 Å². The minimum Gasteiger partial charge on any atom is -0.383 e. The fourth-order valence-electron chi connectivity index (χ4n) is 2.10. The number of hydrogen-bond acceptors (Lipinski definition) is 4. The summed E-state index contributed by atoms with van der Waals surface area (Å²) in [6.07, 6.45) is 1.89. The lowest BCUT2D eigenvalue weighted by atomic mass is 10.2. The summed E-state index contributed by atoms with van der Waals surface area (Å²) in [6.45, 7) is 12.3. The van der Waals surface area contributed by atoms with Crippen molar-refractivity contribution in [1.29, 1.82) is 0 Å². The van der Waals surface area contributed by atoms with Gasteiger partial charge in [-0.3, -0.25) is 4.98 Å². The van der Waals surface area contributed by atoms with Crippen molar-refractivity contribution in [2.75, 3.05) is 31.7 Å². The van der Waals surface area contributed by atoms with Crippen LogP contribution in [0.4, 0.5) is 5.69 Å². The van der Waals surface area contributed by atoms with Crippen LogP contribution in [0.3, 0.4) is 0 Å². The molecule has 0 unspecified atom stereocenters. The van der Waals surface area contributed by atoms with Gasteiger partial charge in [0, 0.05) is 38.1 Å². The van der Waals surface area contributed by atoms with Crippen molar-refractivity contribution in [3.8, 4) is 0 Å². The third-order valence-electron chi connectivity index (χ3n) is 3.15. The Morgan fingerprint density at radius 3 is 2.65 bits per heavy atom. The second-order valence-corrected chi connectivity index (χ2v) is 5.81. The van der Waals surface area contributed by atoms with E-state index in [2.05, 4.69) is 55.0 Å². The highest BCUT2D eigenvalue weighted by molar-refractivity contribution is 5.47. The average molecular weight is 279 g/mol. The molecule has 0 radical (unpaired) electrons. The van der Waals surface area contributed by atoms with Gasteiger partial charge in [-0.25, -0.2) is 0 Å². The summed E-state index contributed by atoms with van der Waals surface area (Å²) >= 11 is 0. The van der Waals surface area contributed by atoms with Crippen LogP contribution in [0.1, 0.15) is 33.4 Å². The van der Waals surface area contributed by atoms with E-state index < -0.39 is 0 Å². The van der Waals surface area contributed by atoms with E-state index in [-0.39, 0.29) is 0 Å². The van der Waals surface area contributed by atoms with Crippen LogP contribution in [0.2, 0.25) is 0 Å². The molecule has 0 saturated heterocycles. The lowest BCUT2D eigenvalue weighted by molar-refractivity contribution is 0.204. The Bertz CT molecular complexity index is 380. The van der Waals surface area contributed by atoms with Gasteiger partial charge < -0.3 is 15.0 Å². The normalized spacial score (nSPS) is 11.3. The van der Waals surface area contributed by atoms with Crippen molar-refractivity contribution >= 4 is 5.69 Å². The largest absolute Gasteiger partial charge is 0.383 e. The first kappa shape index (κ1) is 16.9. The van der Waals surface area contributed by atoms with Gasteiger partial charge in [0.2, 0.25) is 0 Å². The second-order valence-electron chi connectivity index (χ2n) is 5.81. The van der Waals surface area contributed by atoms with Gasteiger partial charge in [0.15, 0.2) is 0 Å². The highest BCUT2D eigenvalue weighted by Crippen LogP contribution is 2.17. The second kappa shape index (κ2) is 8.93. The molecule has 0 bridgehead atoms. The quantitative estimate of drug-likeness (QED) is 0.754. The predicted molar refractivity (Wildman–Crippen MR) is 85.1 cm³/mol. The number of rotatable bonds is 9. The first-order valence-corrected chi connectivity index (χ1v) is 7.45. The van der Waals surface area contributed by atoms with Crippen LogP contribution in [0, 0.1) is 5.92 Å². The van der Waals surface area contributed by atoms with Crippen LogP contribution in [-0.2, 0) is 11.3 Å². The molecule has 4 nitrogen and oxygen atoms in total. The molecule has 0 aliphatic heterocycles. The maximum Gasteiger partial charge on any atom is 0.0637 e. The number of nitrogens with one attached hydrogen (secondary N) is 1. The summed E-state index contributed by atoms with van der Waals surface area (Å²) in [5.41, 5.74) is 2.31. The molecular weight excluding hydrogens is 250 g/mol.